The number of pyridine rings is 2. The number of likely N-dealkylation sites (tertiary alicyclic amines) is 1. The van der Waals surface area contributed by atoms with Crippen molar-refractivity contribution in [2.24, 2.45) is 0 Å². The largest absolute Gasteiger partial charge is 0.378 e. The Labute approximate surface area is 139 Å². The van der Waals surface area contributed by atoms with Crippen LogP contribution in [0.5, 0.6) is 0 Å². The van der Waals surface area contributed by atoms with Gasteiger partial charge in [0.05, 0.1) is 22.8 Å². The highest BCUT2D eigenvalue weighted by Crippen LogP contribution is 2.42. The van der Waals surface area contributed by atoms with Crippen molar-refractivity contribution in [1.82, 2.24) is 14.9 Å². The number of nitrogens with zero attached hydrogens (tertiary/aromatic N) is 3. The van der Waals surface area contributed by atoms with Gasteiger partial charge in [0.25, 0.3) is 0 Å². The van der Waals surface area contributed by atoms with Gasteiger partial charge in [0.1, 0.15) is 0 Å². The third-order valence-electron chi connectivity index (χ3n) is 4.44. The lowest BCUT2D eigenvalue weighted by atomic mass is 10.0. The molecular formula is C17H17ClN4O. The molecule has 3 heterocycles. The van der Waals surface area contributed by atoms with Crippen molar-refractivity contribution in [1.29, 1.82) is 0 Å². The second-order valence-electron chi connectivity index (χ2n) is 6.07. The van der Waals surface area contributed by atoms with Crippen molar-refractivity contribution in [2.75, 3.05) is 5.32 Å². The standard InChI is InChI=1S/C17H17ClN4O/c18-13-10-20-7-5-14(13)21-15-8-16(23)22(12-3-4-12)17(15)11-2-1-6-19-9-11/h1-2,5-7,9-10,12,15,17H,3-4,8H2,(H,20,21)/t15-,17+/m1/s1. The van der Waals surface area contributed by atoms with Gasteiger partial charge >= 0.3 is 0 Å². The number of hydrogen-bond donors (Lipinski definition) is 1. The highest BCUT2D eigenvalue weighted by molar-refractivity contribution is 6.33. The predicted molar refractivity (Wildman–Crippen MR) is 88.1 cm³/mol. The Morgan fingerprint density at radius 2 is 2.00 bits per heavy atom. The van der Waals surface area contributed by atoms with E-state index in [1.165, 1.54) is 0 Å². The highest BCUT2D eigenvalue weighted by Gasteiger charge is 2.47. The van der Waals surface area contributed by atoms with Gasteiger partial charge in [-0.15, -0.1) is 0 Å². The van der Waals surface area contributed by atoms with Gasteiger partial charge < -0.3 is 10.2 Å². The third kappa shape index (κ3) is 2.77. The first kappa shape index (κ1) is 14.5. The molecule has 0 spiro atoms. The lowest BCUT2D eigenvalue weighted by molar-refractivity contribution is -0.129. The molecule has 0 aromatic carbocycles. The average molecular weight is 329 g/mol. The van der Waals surface area contributed by atoms with Crippen LogP contribution in [0, 0.1) is 0 Å². The number of nitrogens with one attached hydrogen (secondary N) is 1. The van der Waals surface area contributed by atoms with Crippen LogP contribution in [0.4, 0.5) is 5.69 Å². The second-order valence-corrected chi connectivity index (χ2v) is 6.48. The molecule has 118 valence electrons. The summed E-state index contributed by atoms with van der Waals surface area (Å²) in [5, 5.41) is 4.00. The van der Waals surface area contributed by atoms with Crippen molar-refractivity contribution in [3.63, 3.8) is 0 Å². The molecule has 0 unspecified atom stereocenters. The van der Waals surface area contributed by atoms with E-state index in [4.69, 9.17) is 11.6 Å². The van der Waals surface area contributed by atoms with Gasteiger partial charge in [-0.1, -0.05) is 17.7 Å². The van der Waals surface area contributed by atoms with E-state index in [9.17, 15) is 4.79 Å². The first-order valence-electron chi connectivity index (χ1n) is 7.81. The van der Waals surface area contributed by atoms with E-state index in [1.54, 1.807) is 18.6 Å². The lowest BCUT2D eigenvalue weighted by Gasteiger charge is -2.29. The fourth-order valence-electron chi connectivity index (χ4n) is 3.30. The van der Waals surface area contributed by atoms with Gasteiger partial charge in [-0.05, 0) is 30.5 Å². The third-order valence-corrected chi connectivity index (χ3v) is 4.74. The van der Waals surface area contributed by atoms with Crippen LogP contribution in [0.1, 0.15) is 30.9 Å². The summed E-state index contributed by atoms with van der Waals surface area (Å²) in [5.41, 5.74) is 1.87. The van der Waals surface area contributed by atoms with E-state index in [-0.39, 0.29) is 18.0 Å². The molecule has 1 saturated heterocycles. The Morgan fingerprint density at radius 3 is 2.70 bits per heavy atom. The van der Waals surface area contributed by atoms with E-state index in [1.807, 2.05) is 29.3 Å². The van der Waals surface area contributed by atoms with Gasteiger partial charge in [-0.2, -0.15) is 0 Å². The van der Waals surface area contributed by atoms with Crippen LogP contribution in [-0.4, -0.2) is 32.9 Å². The summed E-state index contributed by atoms with van der Waals surface area (Å²) >= 11 is 6.21. The molecule has 23 heavy (non-hydrogen) atoms. The molecular weight excluding hydrogens is 312 g/mol. The minimum atomic E-state index is -0.0211. The summed E-state index contributed by atoms with van der Waals surface area (Å²) in [7, 11) is 0. The molecule has 2 aromatic rings. The van der Waals surface area contributed by atoms with Crippen LogP contribution in [0.15, 0.2) is 43.0 Å². The topological polar surface area (TPSA) is 58.1 Å². The Balaban J connectivity index is 1.67. The molecule has 2 fully saturated rings. The quantitative estimate of drug-likeness (QED) is 0.937. The van der Waals surface area contributed by atoms with Crippen LogP contribution in [-0.2, 0) is 4.79 Å². The van der Waals surface area contributed by atoms with Crippen LogP contribution < -0.4 is 5.32 Å². The number of carbonyl (C=O) groups is 1. The van der Waals surface area contributed by atoms with Gasteiger partial charge in [0.15, 0.2) is 0 Å². The summed E-state index contributed by atoms with van der Waals surface area (Å²) in [6, 6.07) is 6.13. The van der Waals surface area contributed by atoms with Crippen molar-refractivity contribution < 1.29 is 4.79 Å². The average Bonchev–Trinajstić information content (AvgIpc) is 3.34. The first-order chi connectivity index (χ1) is 11.2. The summed E-state index contributed by atoms with van der Waals surface area (Å²) in [6.45, 7) is 0. The minimum absolute atomic E-state index is 0.00654. The van der Waals surface area contributed by atoms with Gasteiger partial charge in [0, 0.05) is 37.3 Å². The van der Waals surface area contributed by atoms with Crippen molar-refractivity contribution in [3.8, 4) is 0 Å². The number of amides is 1. The fourth-order valence-corrected chi connectivity index (χ4v) is 3.48. The number of hydrogen-bond acceptors (Lipinski definition) is 4. The second kappa shape index (κ2) is 5.81. The molecule has 5 nitrogen and oxygen atoms in total. The Hall–Kier alpha value is -2.14. The maximum absolute atomic E-state index is 12.5. The monoisotopic (exact) mass is 328 g/mol. The van der Waals surface area contributed by atoms with Crippen molar-refractivity contribution in [3.05, 3.63) is 53.6 Å². The molecule has 0 bridgehead atoms. The molecule has 4 rings (SSSR count). The zero-order valence-electron chi connectivity index (χ0n) is 12.5. The molecule has 1 amide bonds. The molecule has 2 atom stereocenters. The van der Waals surface area contributed by atoms with Gasteiger partial charge in [-0.3, -0.25) is 14.8 Å². The molecule has 2 aliphatic rings. The molecule has 1 saturated carbocycles. The van der Waals surface area contributed by atoms with E-state index in [0.717, 1.165) is 24.1 Å². The zero-order chi connectivity index (χ0) is 15.8. The normalized spacial score (nSPS) is 24.0. The van der Waals surface area contributed by atoms with E-state index in [2.05, 4.69) is 15.3 Å². The Bertz CT molecular complexity index is 720. The van der Waals surface area contributed by atoms with Crippen LogP contribution >= 0.6 is 11.6 Å². The Morgan fingerprint density at radius 1 is 1.17 bits per heavy atom. The van der Waals surface area contributed by atoms with Crippen molar-refractivity contribution in [2.45, 2.75) is 37.4 Å². The van der Waals surface area contributed by atoms with E-state index >= 15 is 0 Å². The summed E-state index contributed by atoms with van der Waals surface area (Å²) in [6.07, 6.45) is 9.55. The minimum Gasteiger partial charge on any atom is -0.378 e. The summed E-state index contributed by atoms with van der Waals surface area (Å²) in [5.74, 6) is 0.198. The number of carbonyl (C=O) groups excluding carboxylic acids is 1. The number of rotatable bonds is 4. The SMILES string of the molecule is O=C1C[C@@H](Nc2ccncc2Cl)[C@H](c2cccnc2)N1C1CC1. The van der Waals surface area contributed by atoms with Gasteiger partial charge in [0.2, 0.25) is 5.91 Å². The molecule has 1 aliphatic heterocycles. The molecule has 1 N–H and O–H groups in total. The summed E-state index contributed by atoms with van der Waals surface area (Å²) < 4.78 is 0. The lowest BCUT2D eigenvalue weighted by Crippen LogP contribution is -2.34. The fraction of sp³-hybridized carbons (Fsp3) is 0.353. The number of aromatic nitrogens is 2. The van der Waals surface area contributed by atoms with Gasteiger partial charge in [-0.25, -0.2) is 0 Å². The smallest absolute Gasteiger partial charge is 0.225 e. The summed E-state index contributed by atoms with van der Waals surface area (Å²) in [4.78, 5) is 22.8. The van der Waals surface area contributed by atoms with E-state index in [0.29, 0.717) is 17.5 Å². The molecule has 0 radical (unpaired) electrons. The molecule has 6 heteroatoms. The first-order valence-corrected chi connectivity index (χ1v) is 8.19. The van der Waals surface area contributed by atoms with Crippen molar-refractivity contribution >= 4 is 23.2 Å². The van der Waals surface area contributed by atoms with Crippen LogP contribution in [0.3, 0.4) is 0 Å². The number of halogens is 1. The zero-order valence-corrected chi connectivity index (χ0v) is 13.3. The maximum atomic E-state index is 12.5. The molecule has 2 aromatic heterocycles. The number of anilines is 1. The van der Waals surface area contributed by atoms with E-state index < -0.39 is 0 Å². The van der Waals surface area contributed by atoms with Crippen LogP contribution in [0.2, 0.25) is 5.02 Å². The highest BCUT2D eigenvalue weighted by atomic mass is 35.5. The molecule has 1 aliphatic carbocycles. The Kier molecular flexibility index (Phi) is 3.65. The maximum Gasteiger partial charge on any atom is 0.225 e. The predicted octanol–water partition coefficient (Wildman–Crippen LogP) is 3.05. The van der Waals surface area contributed by atoms with Crippen LogP contribution in [0.25, 0.3) is 0 Å².